The molecule has 5 heteroatoms. The fraction of sp³-hybridized carbons (Fsp3) is 0.682. The molecule has 1 aromatic rings. The van der Waals surface area contributed by atoms with Crippen LogP contribution in [0.4, 0.5) is 0 Å². The van der Waals surface area contributed by atoms with Crippen molar-refractivity contribution in [2.45, 2.75) is 45.2 Å². The third-order valence-electron chi connectivity index (χ3n) is 5.99. The summed E-state index contributed by atoms with van der Waals surface area (Å²) in [4.78, 5) is 9.34. The molecule has 27 heavy (non-hydrogen) atoms. The van der Waals surface area contributed by atoms with E-state index in [1.54, 1.807) is 0 Å². The molecule has 0 amide bonds. The zero-order valence-electron chi connectivity index (χ0n) is 17.2. The number of rotatable bonds is 7. The van der Waals surface area contributed by atoms with Crippen LogP contribution in [0.25, 0.3) is 0 Å². The van der Waals surface area contributed by atoms with Gasteiger partial charge < -0.3 is 15.5 Å². The van der Waals surface area contributed by atoms with E-state index in [0.29, 0.717) is 0 Å². The van der Waals surface area contributed by atoms with Crippen LogP contribution in [0.15, 0.2) is 29.3 Å². The van der Waals surface area contributed by atoms with E-state index in [4.69, 9.17) is 0 Å². The third kappa shape index (κ3) is 6.82. The second kappa shape index (κ2) is 10.7. The largest absolute Gasteiger partial charge is 0.356 e. The molecule has 2 saturated heterocycles. The van der Waals surface area contributed by atoms with Crippen molar-refractivity contribution in [1.29, 1.82) is 0 Å². The second-order valence-corrected chi connectivity index (χ2v) is 8.19. The summed E-state index contributed by atoms with van der Waals surface area (Å²) in [7, 11) is 4.07. The third-order valence-corrected chi connectivity index (χ3v) is 5.99. The van der Waals surface area contributed by atoms with Crippen molar-refractivity contribution in [2.75, 3.05) is 46.8 Å². The minimum absolute atomic E-state index is 0.817. The standard InChI is InChI=1S/C22H37N5/c1-23-22(24-12-9-19-10-15-26(2)16-11-19)25-17-20-5-7-21(8-6-20)18-27-13-3-4-14-27/h5-8,19H,3-4,9-18H2,1-2H3,(H2,23,24,25). The molecule has 0 spiro atoms. The molecule has 5 nitrogen and oxygen atoms in total. The van der Waals surface area contributed by atoms with Crippen LogP contribution >= 0.6 is 0 Å². The van der Waals surface area contributed by atoms with Gasteiger partial charge in [0.2, 0.25) is 0 Å². The molecular formula is C22H37N5. The second-order valence-electron chi connectivity index (χ2n) is 8.19. The average Bonchev–Trinajstić information content (AvgIpc) is 3.20. The Balaban J connectivity index is 1.34. The van der Waals surface area contributed by atoms with E-state index < -0.39 is 0 Å². The lowest BCUT2D eigenvalue weighted by atomic mass is 9.94. The molecule has 0 atom stereocenters. The first kappa shape index (κ1) is 20.2. The molecule has 2 aliphatic heterocycles. The Labute approximate surface area is 165 Å². The van der Waals surface area contributed by atoms with Crippen molar-refractivity contribution in [2.24, 2.45) is 10.9 Å². The molecule has 2 aliphatic rings. The van der Waals surface area contributed by atoms with E-state index in [9.17, 15) is 0 Å². The number of piperidine rings is 1. The van der Waals surface area contributed by atoms with Gasteiger partial charge in [0.15, 0.2) is 5.96 Å². The smallest absolute Gasteiger partial charge is 0.191 e. The molecule has 0 aliphatic carbocycles. The highest BCUT2D eigenvalue weighted by Crippen LogP contribution is 2.18. The summed E-state index contributed by atoms with van der Waals surface area (Å²) in [5, 5.41) is 6.92. The van der Waals surface area contributed by atoms with Crippen LogP contribution in [0.2, 0.25) is 0 Å². The molecule has 2 fully saturated rings. The van der Waals surface area contributed by atoms with Crippen LogP contribution in [-0.4, -0.2) is 62.6 Å². The van der Waals surface area contributed by atoms with Crippen LogP contribution in [0, 0.1) is 5.92 Å². The quantitative estimate of drug-likeness (QED) is 0.571. The maximum absolute atomic E-state index is 4.36. The zero-order chi connectivity index (χ0) is 18.9. The van der Waals surface area contributed by atoms with E-state index in [2.05, 4.69) is 56.7 Å². The minimum Gasteiger partial charge on any atom is -0.356 e. The fourth-order valence-electron chi connectivity index (χ4n) is 4.11. The van der Waals surface area contributed by atoms with Crippen molar-refractivity contribution in [3.05, 3.63) is 35.4 Å². The predicted molar refractivity (Wildman–Crippen MR) is 114 cm³/mol. The topological polar surface area (TPSA) is 42.9 Å². The Hall–Kier alpha value is -1.59. The molecule has 0 radical (unpaired) electrons. The van der Waals surface area contributed by atoms with Gasteiger partial charge in [0.25, 0.3) is 0 Å². The minimum atomic E-state index is 0.817. The summed E-state index contributed by atoms with van der Waals surface area (Å²) in [6, 6.07) is 9.02. The number of hydrogen-bond acceptors (Lipinski definition) is 3. The zero-order valence-corrected chi connectivity index (χ0v) is 17.2. The number of guanidine groups is 1. The lowest BCUT2D eigenvalue weighted by Gasteiger charge is -2.29. The molecule has 1 aromatic carbocycles. The van der Waals surface area contributed by atoms with Crippen LogP contribution in [0.1, 0.15) is 43.2 Å². The Morgan fingerprint density at radius 1 is 1.00 bits per heavy atom. The summed E-state index contributed by atoms with van der Waals surface area (Å²) < 4.78 is 0. The van der Waals surface area contributed by atoms with Crippen molar-refractivity contribution in [1.82, 2.24) is 20.4 Å². The Bertz CT molecular complexity index is 569. The van der Waals surface area contributed by atoms with Gasteiger partial charge in [-0.05, 0) is 82.4 Å². The van der Waals surface area contributed by atoms with Gasteiger partial charge in [-0.1, -0.05) is 24.3 Å². The first-order valence-electron chi connectivity index (χ1n) is 10.7. The molecule has 3 rings (SSSR count). The Morgan fingerprint density at radius 3 is 2.33 bits per heavy atom. The van der Waals surface area contributed by atoms with E-state index >= 15 is 0 Å². The van der Waals surface area contributed by atoms with E-state index in [0.717, 1.165) is 31.5 Å². The summed E-state index contributed by atoms with van der Waals surface area (Å²) in [5.74, 6) is 1.76. The van der Waals surface area contributed by atoms with Crippen molar-refractivity contribution in [3.63, 3.8) is 0 Å². The fourth-order valence-corrected chi connectivity index (χ4v) is 4.11. The normalized spacial score (nSPS) is 20.1. The van der Waals surface area contributed by atoms with Gasteiger partial charge in [0.05, 0.1) is 0 Å². The molecule has 0 bridgehead atoms. The van der Waals surface area contributed by atoms with E-state index in [1.165, 1.54) is 69.4 Å². The number of nitrogens with one attached hydrogen (secondary N) is 2. The highest BCUT2D eigenvalue weighted by Gasteiger charge is 2.16. The van der Waals surface area contributed by atoms with Crippen LogP contribution in [-0.2, 0) is 13.1 Å². The SMILES string of the molecule is CN=C(NCCC1CCN(C)CC1)NCc1ccc(CN2CCCC2)cc1. The Morgan fingerprint density at radius 2 is 1.67 bits per heavy atom. The molecular weight excluding hydrogens is 334 g/mol. The van der Waals surface area contributed by atoms with Gasteiger partial charge in [0, 0.05) is 26.7 Å². The summed E-state index contributed by atoms with van der Waals surface area (Å²) in [6.45, 7) is 7.90. The van der Waals surface area contributed by atoms with Gasteiger partial charge in [-0.2, -0.15) is 0 Å². The van der Waals surface area contributed by atoms with Gasteiger partial charge in [-0.3, -0.25) is 9.89 Å². The van der Waals surface area contributed by atoms with Gasteiger partial charge in [-0.15, -0.1) is 0 Å². The summed E-state index contributed by atoms with van der Waals surface area (Å²) in [5.41, 5.74) is 2.72. The number of benzene rings is 1. The lowest BCUT2D eigenvalue weighted by Crippen LogP contribution is -2.38. The van der Waals surface area contributed by atoms with Crippen molar-refractivity contribution < 1.29 is 0 Å². The number of likely N-dealkylation sites (tertiary alicyclic amines) is 2. The molecule has 2 heterocycles. The predicted octanol–water partition coefficient (Wildman–Crippen LogP) is 2.68. The molecule has 0 aromatic heterocycles. The maximum Gasteiger partial charge on any atom is 0.191 e. The van der Waals surface area contributed by atoms with Gasteiger partial charge >= 0.3 is 0 Å². The highest BCUT2D eigenvalue weighted by molar-refractivity contribution is 5.79. The van der Waals surface area contributed by atoms with Crippen molar-refractivity contribution >= 4 is 5.96 Å². The maximum atomic E-state index is 4.36. The van der Waals surface area contributed by atoms with E-state index in [-0.39, 0.29) is 0 Å². The monoisotopic (exact) mass is 371 g/mol. The summed E-state index contributed by atoms with van der Waals surface area (Å²) >= 11 is 0. The van der Waals surface area contributed by atoms with Crippen molar-refractivity contribution in [3.8, 4) is 0 Å². The number of hydrogen-bond donors (Lipinski definition) is 2. The number of nitrogens with zero attached hydrogens (tertiary/aromatic N) is 3. The number of aliphatic imine (C=N–C) groups is 1. The van der Waals surface area contributed by atoms with Crippen LogP contribution < -0.4 is 10.6 Å². The average molecular weight is 372 g/mol. The molecule has 0 saturated carbocycles. The molecule has 2 N–H and O–H groups in total. The lowest BCUT2D eigenvalue weighted by molar-refractivity contribution is 0.213. The molecule has 0 unspecified atom stereocenters. The van der Waals surface area contributed by atoms with Gasteiger partial charge in [0.1, 0.15) is 0 Å². The highest BCUT2D eigenvalue weighted by atomic mass is 15.2. The van der Waals surface area contributed by atoms with Crippen LogP contribution in [0.3, 0.4) is 0 Å². The summed E-state index contributed by atoms with van der Waals surface area (Å²) in [6.07, 6.45) is 6.60. The first-order chi connectivity index (χ1) is 13.2. The van der Waals surface area contributed by atoms with Crippen LogP contribution in [0.5, 0.6) is 0 Å². The molecule has 150 valence electrons. The Kier molecular flexibility index (Phi) is 7.96. The first-order valence-corrected chi connectivity index (χ1v) is 10.7. The van der Waals surface area contributed by atoms with Gasteiger partial charge in [-0.25, -0.2) is 0 Å². The van der Waals surface area contributed by atoms with E-state index in [1.807, 2.05) is 7.05 Å².